The van der Waals surface area contributed by atoms with Crippen molar-refractivity contribution in [2.75, 3.05) is 20.0 Å². The Hall–Kier alpha value is -3.78. The highest BCUT2D eigenvalue weighted by atomic mass is 32.2. The van der Waals surface area contributed by atoms with Gasteiger partial charge >= 0.3 is 0 Å². The number of rotatable bonds is 10. The molecule has 0 amide bonds. The van der Waals surface area contributed by atoms with Gasteiger partial charge in [0.15, 0.2) is 16.8 Å². The lowest BCUT2D eigenvalue weighted by Crippen LogP contribution is -2.08. The minimum atomic E-state index is -0.00520. The van der Waals surface area contributed by atoms with Crippen LogP contribution in [0.2, 0.25) is 0 Å². The second kappa shape index (κ2) is 10.9. The molecule has 0 radical (unpaired) electrons. The van der Waals surface area contributed by atoms with Crippen LogP contribution in [-0.4, -0.2) is 40.5 Å². The van der Waals surface area contributed by atoms with E-state index >= 15 is 0 Å². The highest BCUT2D eigenvalue weighted by Crippen LogP contribution is 2.26. The zero-order valence-corrected chi connectivity index (χ0v) is 20.0. The molecule has 0 N–H and O–H groups in total. The number of aromatic nitrogens is 3. The van der Waals surface area contributed by atoms with E-state index in [0.717, 1.165) is 22.7 Å². The summed E-state index contributed by atoms with van der Waals surface area (Å²) >= 11 is 1.33. The number of hydrogen-bond acceptors (Lipinski definition) is 7. The van der Waals surface area contributed by atoms with Crippen LogP contribution in [0.15, 0.2) is 78.0 Å². The van der Waals surface area contributed by atoms with E-state index in [-0.39, 0.29) is 18.1 Å². The number of methoxy groups -OCH3 is 2. The molecule has 8 heteroatoms. The SMILES string of the molecule is COc1ccc(C(=O)CSc2nnc(COc3ccc(C)cc3)n2-c2ccc(OC)cc2)cc1. The monoisotopic (exact) mass is 475 g/mol. The molecule has 4 rings (SSSR count). The highest BCUT2D eigenvalue weighted by molar-refractivity contribution is 7.99. The Balaban J connectivity index is 1.55. The van der Waals surface area contributed by atoms with Gasteiger partial charge in [-0.25, -0.2) is 0 Å². The molecule has 174 valence electrons. The molecule has 0 spiro atoms. The van der Waals surface area contributed by atoms with Crippen molar-refractivity contribution in [3.63, 3.8) is 0 Å². The van der Waals surface area contributed by atoms with Crippen LogP contribution in [0.25, 0.3) is 5.69 Å². The van der Waals surface area contributed by atoms with E-state index in [2.05, 4.69) is 10.2 Å². The Labute approximate surface area is 202 Å². The number of thioether (sulfide) groups is 1. The molecule has 0 atom stereocenters. The third-order valence-corrected chi connectivity index (χ3v) is 6.09. The Kier molecular flexibility index (Phi) is 7.49. The Bertz CT molecular complexity index is 1240. The molecule has 0 aliphatic carbocycles. The average Bonchev–Trinajstić information content (AvgIpc) is 3.29. The summed E-state index contributed by atoms with van der Waals surface area (Å²) in [5.41, 5.74) is 2.63. The first-order valence-electron chi connectivity index (χ1n) is 10.7. The molecule has 0 saturated heterocycles. The number of carbonyl (C=O) groups is 1. The number of hydrogen-bond donors (Lipinski definition) is 0. The fraction of sp³-hybridized carbons (Fsp3) is 0.192. The summed E-state index contributed by atoms with van der Waals surface area (Å²) in [4.78, 5) is 12.7. The van der Waals surface area contributed by atoms with E-state index in [4.69, 9.17) is 14.2 Å². The fourth-order valence-electron chi connectivity index (χ4n) is 3.25. The van der Waals surface area contributed by atoms with Crippen LogP contribution in [0.1, 0.15) is 21.7 Å². The van der Waals surface area contributed by atoms with Crippen molar-refractivity contribution in [3.8, 4) is 22.9 Å². The van der Waals surface area contributed by atoms with Gasteiger partial charge in [0.25, 0.3) is 0 Å². The number of aryl methyl sites for hydroxylation is 1. The summed E-state index contributed by atoms with van der Waals surface area (Å²) < 4.78 is 18.3. The minimum Gasteiger partial charge on any atom is -0.497 e. The van der Waals surface area contributed by atoms with Crippen LogP contribution >= 0.6 is 11.8 Å². The lowest BCUT2D eigenvalue weighted by molar-refractivity contribution is 0.102. The van der Waals surface area contributed by atoms with Gasteiger partial charge in [0.1, 0.15) is 23.9 Å². The number of ketones is 1. The van der Waals surface area contributed by atoms with E-state index in [0.29, 0.717) is 22.3 Å². The molecule has 0 bridgehead atoms. The van der Waals surface area contributed by atoms with E-state index in [9.17, 15) is 4.79 Å². The molecule has 3 aromatic carbocycles. The lowest BCUT2D eigenvalue weighted by Gasteiger charge is -2.12. The van der Waals surface area contributed by atoms with Gasteiger partial charge in [0, 0.05) is 11.3 Å². The number of Topliss-reactive ketones (excluding diaryl/α,β-unsaturated/α-hetero) is 1. The number of ether oxygens (including phenoxy) is 3. The van der Waals surface area contributed by atoms with Crippen LogP contribution in [0.5, 0.6) is 17.2 Å². The number of nitrogens with zero attached hydrogens (tertiary/aromatic N) is 3. The van der Waals surface area contributed by atoms with Gasteiger partial charge < -0.3 is 14.2 Å². The Morgan fingerprint density at radius 1 is 0.824 bits per heavy atom. The van der Waals surface area contributed by atoms with Crippen LogP contribution in [0, 0.1) is 6.92 Å². The minimum absolute atomic E-state index is 0.00520. The van der Waals surface area contributed by atoms with Gasteiger partial charge in [-0.2, -0.15) is 0 Å². The molecule has 7 nitrogen and oxygen atoms in total. The van der Waals surface area contributed by atoms with Crippen LogP contribution in [0.4, 0.5) is 0 Å². The highest BCUT2D eigenvalue weighted by Gasteiger charge is 2.17. The first kappa shape index (κ1) is 23.4. The Morgan fingerprint density at radius 3 is 2.03 bits per heavy atom. The van der Waals surface area contributed by atoms with Gasteiger partial charge in [-0.05, 0) is 67.6 Å². The molecule has 0 aliphatic rings. The molecule has 0 fully saturated rings. The van der Waals surface area contributed by atoms with Gasteiger partial charge in [0.2, 0.25) is 0 Å². The third kappa shape index (κ3) is 5.58. The maximum absolute atomic E-state index is 12.7. The quantitative estimate of drug-likeness (QED) is 0.232. The first-order valence-corrected chi connectivity index (χ1v) is 11.6. The predicted molar refractivity (Wildman–Crippen MR) is 131 cm³/mol. The molecular weight excluding hydrogens is 450 g/mol. The smallest absolute Gasteiger partial charge is 0.196 e. The summed E-state index contributed by atoms with van der Waals surface area (Å²) in [6.45, 7) is 2.26. The van der Waals surface area contributed by atoms with Gasteiger partial charge in [0.05, 0.1) is 20.0 Å². The summed E-state index contributed by atoms with van der Waals surface area (Å²) in [5, 5.41) is 9.30. The van der Waals surface area contributed by atoms with Crippen molar-refractivity contribution in [2.24, 2.45) is 0 Å². The largest absolute Gasteiger partial charge is 0.497 e. The second-order valence-corrected chi connectivity index (χ2v) is 8.42. The second-order valence-electron chi connectivity index (χ2n) is 7.47. The zero-order chi connectivity index (χ0) is 23.9. The van der Waals surface area contributed by atoms with Crippen molar-refractivity contribution in [1.29, 1.82) is 0 Å². The van der Waals surface area contributed by atoms with Crippen molar-refractivity contribution in [1.82, 2.24) is 14.8 Å². The van der Waals surface area contributed by atoms with Crippen LogP contribution in [-0.2, 0) is 6.61 Å². The topological polar surface area (TPSA) is 75.5 Å². The molecule has 0 unspecified atom stereocenters. The summed E-state index contributed by atoms with van der Waals surface area (Å²) in [6, 6.07) is 22.5. The normalized spacial score (nSPS) is 10.7. The van der Waals surface area contributed by atoms with Gasteiger partial charge in [-0.15, -0.1) is 10.2 Å². The maximum Gasteiger partial charge on any atom is 0.196 e. The van der Waals surface area contributed by atoms with Crippen molar-refractivity contribution >= 4 is 17.5 Å². The standard InChI is InChI=1S/C26H25N3O4S/c1-18-4-10-23(11-5-18)33-16-25-27-28-26(29(25)20-8-14-22(32-3)15-9-20)34-17-24(30)19-6-12-21(31-2)13-7-19/h4-15H,16-17H2,1-3H3. The molecule has 4 aromatic rings. The van der Waals surface area contributed by atoms with Crippen molar-refractivity contribution in [3.05, 3.63) is 89.7 Å². The van der Waals surface area contributed by atoms with E-state index in [1.54, 1.807) is 38.5 Å². The average molecular weight is 476 g/mol. The number of benzene rings is 3. The fourth-order valence-corrected chi connectivity index (χ4v) is 4.12. The lowest BCUT2D eigenvalue weighted by atomic mass is 10.1. The molecule has 1 heterocycles. The van der Waals surface area contributed by atoms with E-state index in [1.165, 1.54) is 11.8 Å². The summed E-state index contributed by atoms with van der Waals surface area (Å²) in [7, 11) is 3.22. The van der Waals surface area contributed by atoms with Crippen LogP contribution in [0.3, 0.4) is 0 Å². The van der Waals surface area contributed by atoms with Crippen molar-refractivity contribution in [2.45, 2.75) is 18.7 Å². The van der Waals surface area contributed by atoms with Gasteiger partial charge in [-0.1, -0.05) is 29.5 Å². The molecule has 34 heavy (non-hydrogen) atoms. The van der Waals surface area contributed by atoms with Gasteiger partial charge in [-0.3, -0.25) is 9.36 Å². The molecule has 0 aliphatic heterocycles. The zero-order valence-electron chi connectivity index (χ0n) is 19.2. The molecule has 0 saturated carbocycles. The predicted octanol–water partition coefficient (Wildman–Crippen LogP) is 5.15. The van der Waals surface area contributed by atoms with Crippen LogP contribution < -0.4 is 14.2 Å². The first-order chi connectivity index (χ1) is 16.6. The van der Waals surface area contributed by atoms with Crippen molar-refractivity contribution < 1.29 is 19.0 Å². The molecular formula is C26H25N3O4S. The summed E-state index contributed by atoms with van der Waals surface area (Å²) in [6.07, 6.45) is 0. The summed E-state index contributed by atoms with van der Waals surface area (Å²) in [5.74, 6) is 3.05. The number of carbonyl (C=O) groups excluding carboxylic acids is 1. The Morgan fingerprint density at radius 2 is 1.41 bits per heavy atom. The molecule has 1 aromatic heterocycles. The van der Waals surface area contributed by atoms with E-state index in [1.807, 2.05) is 60.0 Å². The van der Waals surface area contributed by atoms with E-state index < -0.39 is 0 Å². The third-order valence-electron chi connectivity index (χ3n) is 5.16. The maximum atomic E-state index is 12.7.